The lowest BCUT2D eigenvalue weighted by Crippen LogP contribution is -2.28. The molecular formula is C10H11BrFN3O3S. The molecule has 1 amide bonds. The Balaban J connectivity index is 2.39. The molecule has 104 valence electrons. The van der Waals surface area contributed by atoms with Gasteiger partial charge in [-0.3, -0.25) is 9.69 Å². The highest BCUT2D eigenvalue weighted by atomic mass is 79.9. The number of nitrogens with two attached hydrogens (primary N) is 1. The summed E-state index contributed by atoms with van der Waals surface area (Å²) in [7, 11) is -4.75. The Bertz CT molecular complexity index is 650. The average Bonchev–Trinajstić information content (AvgIpc) is 2.65. The van der Waals surface area contributed by atoms with Gasteiger partial charge in [-0.05, 0) is 28.9 Å². The molecule has 6 nitrogen and oxygen atoms in total. The van der Waals surface area contributed by atoms with Crippen LogP contribution in [-0.2, 0) is 15.0 Å². The van der Waals surface area contributed by atoms with E-state index in [0.717, 1.165) is 4.90 Å². The van der Waals surface area contributed by atoms with E-state index >= 15 is 0 Å². The van der Waals surface area contributed by atoms with Gasteiger partial charge in [-0.2, -0.15) is 8.42 Å². The fourth-order valence-corrected chi connectivity index (χ4v) is 2.87. The van der Waals surface area contributed by atoms with Gasteiger partial charge in [0.25, 0.3) is 0 Å². The van der Waals surface area contributed by atoms with Crippen LogP contribution in [0.1, 0.15) is 12.1 Å². The van der Waals surface area contributed by atoms with Gasteiger partial charge in [0, 0.05) is 17.4 Å². The fourth-order valence-electron chi connectivity index (χ4n) is 1.87. The van der Waals surface area contributed by atoms with Gasteiger partial charge in [-0.25, -0.2) is 4.98 Å². The van der Waals surface area contributed by atoms with Crippen molar-refractivity contribution in [3.05, 3.63) is 16.2 Å². The van der Waals surface area contributed by atoms with Crippen LogP contribution in [-0.4, -0.2) is 31.1 Å². The molecule has 1 saturated heterocycles. The third-order valence-electron chi connectivity index (χ3n) is 2.90. The summed E-state index contributed by atoms with van der Waals surface area (Å²) in [4.78, 5) is 17.0. The van der Waals surface area contributed by atoms with Crippen LogP contribution in [0.5, 0.6) is 0 Å². The van der Waals surface area contributed by atoms with E-state index in [2.05, 4.69) is 20.9 Å². The van der Waals surface area contributed by atoms with Gasteiger partial charge >= 0.3 is 10.2 Å². The molecule has 0 aliphatic carbocycles. The fraction of sp³-hybridized carbons (Fsp3) is 0.400. The molecule has 19 heavy (non-hydrogen) atoms. The van der Waals surface area contributed by atoms with Crippen LogP contribution in [0.4, 0.5) is 15.4 Å². The maximum Gasteiger partial charge on any atom is 0.307 e. The minimum atomic E-state index is -4.75. The summed E-state index contributed by atoms with van der Waals surface area (Å²) in [5.41, 5.74) is 6.58. The summed E-state index contributed by atoms with van der Waals surface area (Å²) < 4.78 is 35.3. The largest absolute Gasteiger partial charge is 0.396 e. The molecule has 2 N–H and O–H groups in total. The summed E-state index contributed by atoms with van der Waals surface area (Å²) in [6.45, 7) is 1.44. The summed E-state index contributed by atoms with van der Waals surface area (Å²) in [5.74, 6) is -0.344. The second-order valence-corrected chi connectivity index (χ2v) is 6.75. The van der Waals surface area contributed by atoms with Gasteiger partial charge in [0.1, 0.15) is 5.25 Å². The number of aryl methyl sites for hydroxylation is 1. The Morgan fingerprint density at radius 1 is 1.58 bits per heavy atom. The molecule has 1 aromatic heterocycles. The zero-order valence-corrected chi connectivity index (χ0v) is 12.3. The van der Waals surface area contributed by atoms with Crippen molar-refractivity contribution in [1.82, 2.24) is 4.98 Å². The first-order chi connectivity index (χ1) is 8.70. The smallest absolute Gasteiger partial charge is 0.307 e. The van der Waals surface area contributed by atoms with E-state index in [1.165, 1.54) is 0 Å². The highest BCUT2D eigenvalue weighted by Crippen LogP contribution is 2.31. The molecular weight excluding hydrogens is 341 g/mol. The van der Waals surface area contributed by atoms with Crippen LogP contribution in [0.25, 0.3) is 0 Å². The number of anilines is 2. The molecule has 1 aliphatic rings. The predicted molar refractivity (Wildman–Crippen MR) is 71.9 cm³/mol. The Hall–Kier alpha value is -1.22. The lowest BCUT2D eigenvalue weighted by molar-refractivity contribution is -0.117. The Labute approximate surface area is 118 Å². The maximum absolute atomic E-state index is 12.9. The molecule has 1 unspecified atom stereocenters. The van der Waals surface area contributed by atoms with Crippen molar-refractivity contribution >= 4 is 43.6 Å². The quantitative estimate of drug-likeness (QED) is 0.806. The van der Waals surface area contributed by atoms with Crippen molar-refractivity contribution in [2.75, 3.05) is 17.2 Å². The van der Waals surface area contributed by atoms with Crippen LogP contribution in [0.15, 0.2) is 10.5 Å². The minimum absolute atomic E-state index is 0.164. The summed E-state index contributed by atoms with van der Waals surface area (Å²) in [6.07, 6.45) is -0.394. The Morgan fingerprint density at radius 3 is 2.74 bits per heavy atom. The molecule has 0 spiro atoms. The number of pyridine rings is 1. The van der Waals surface area contributed by atoms with Crippen LogP contribution < -0.4 is 10.6 Å². The van der Waals surface area contributed by atoms with Crippen LogP contribution in [0, 0.1) is 6.92 Å². The summed E-state index contributed by atoms with van der Waals surface area (Å²) in [5, 5.41) is -1.36. The van der Waals surface area contributed by atoms with E-state index in [1.54, 1.807) is 13.0 Å². The van der Waals surface area contributed by atoms with E-state index in [4.69, 9.17) is 5.73 Å². The first-order valence-electron chi connectivity index (χ1n) is 5.36. The van der Waals surface area contributed by atoms with Crippen molar-refractivity contribution in [2.24, 2.45) is 0 Å². The predicted octanol–water partition coefficient (Wildman–Crippen LogP) is 1.14. The van der Waals surface area contributed by atoms with Crippen molar-refractivity contribution in [3.8, 4) is 0 Å². The number of nitrogens with zero attached hydrogens (tertiary/aromatic N) is 2. The van der Waals surface area contributed by atoms with E-state index in [-0.39, 0.29) is 18.1 Å². The molecule has 1 fully saturated rings. The number of halogens is 2. The third kappa shape index (κ3) is 2.71. The highest BCUT2D eigenvalue weighted by molar-refractivity contribution is 9.10. The van der Waals surface area contributed by atoms with Crippen molar-refractivity contribution < 1.29 is 17.1 Å². The van der Waals surface area contributed by atoms with Crippen molar-refractivity contribution in [3.63, 3.8) is 0 Å². The first kappa shape index (κ1) is 14.2. The second-order valence-electron chi connectivity index (χ2n) is 4.27. The van der Waals surface area contributed by atoms with Crippen molar-refractivity contribution in [1.29, 1.82) is 0 Å². The number of nitrogen functional groups attached to an aromatic ring is 1. The second kappa shape index (κ2) is 4.71. The summed E-state index contributed by atoms with van der Waals surface area (Å²) >= 11 is 3.25. The van der Waals surface area contributed by atoms with Gasteiger partial charge in [-0.1, -0.05) is 0 Å². The number of hydrogen-bond acceptors (Lipinski definition) is 5. The van der Waals surface area contributed by atoms with Gasteiger partial charge in [0.15, 0.2) is 5.82 Å². The Kier molecular flexibility index (Phi) is 3.52. The van der Waals surface area contributed by atoms with Crippen LogP contribution >= 0.6 is 15.9 Å². The van der Waals surface area contributed by atoms with Gasteiger partial charge in [0.2, 0.25) is 5.91 Å². The number of carbonyl (C=O) groups is 1. The Morgan fingerprint density at radius 2 is 2.21 bits per heavy atom. The standard InChI is InChI=1S/C10H11BrFN3O3S/c1-5-7(11)3-8(13)10(14-5)15-4-6(2-9(15)16)19(12,17)18/h3,6H,2,4,13H2,1H3. The average molecular weight is 352 g/mol. The molecule has 0 aromatic carbocycles. The summed E-state index contributed by atoms with van der Waals surface area (Å²) in [6, 6.07) is 1.57. The molecule has 1 aliphatic heterocycles. The first-order valence-corrected chi connectivity index (χ1v) is 7.60. The molecule has 0 saturated carbocycles. The van der Waals surface area contributed by atoms with Gasteiger partial charge in [-0.15, -0.1) is 3.89 Å². The number of amides is 1. The molecule has 1 atom stereocenters. The lowest BCUT2D eigenvalue weighted by atomic mass is 10.3. The monoisotopic (exact) mass is 351 g/mol. The van der Waals surface area contributed by atoms with Gasteiger partial charge in [0.05, 0.1) is 11.4 Å². The van der Waals surface area contributed by atoms with Gasteiger partial charge < -0.3 is 5.73 Å². The molecule has 2 heterocycles. The molecule has 0 bridgehead atoms. The minimum Gasteiger partial charge on any atom is -0.396 e. The van der Waals surface area contributed by atoms with Crippen LogP contribution in [0.2, 0.25) is 0 Å². The van der Waals surface area contributed by atoms with Crippen LogP contribution in [0.3, 0.4) is 0 Å². The topological polar surface area (TPSA) is 93.4 Å². The van der Waals surface area contributed by atoms with E-state index in [9.17, 15) is 17.1 Å². The molecule has 9 heteroatoms. The van der Waals surface area contributed by atoms with E-state index in [0.29, 0.717) is 10.2 Å². The lowest BCUT2D eigenvalue weighted by Gasteiger charge is -2.18. The molecule has 0 radical (unpaired) electrons. The zero-order chi connectivity index (χ0) is 14.4. The number of rotatable bonds is 2. The SMILES string of the molecule is Cc1nc(N2CC(S(=O)(=O)F)CC2=O)c(N)cc1Br. The molecule has 2 rings (SSSR count). The number of carbonyl (C=O) groups excluding carboxylic acids is 1. The van der Waals surface area contributed by atoms with Crippen molar-refractivity contribution in [2.45, 2.75) is 18.6 Å². The van der Waals surface area contributed by atoms with E-state index in [1.807, 2.05) is 0 Å². The maximum atomic E-state index is 12.9. The normalized spacial score (nSPS) is 20.1. The molecule has 1 aromatic rings. The zero-order valence-electron chi connectivity index (χ0n) is 9.93. The van der Waals surface area contributed by atoms with E-state index < -0.39 is 27.8 Å². The number of aromatic nitrogens is 1. The number of hydrogen-bond donors (Lipinski definition) is 1. The third-order valence-corrected chi connectivity index (χ3v) is 4.82. The highest BCUT2D eigenvalue weighted by Gasteiger charge is 2.40.